The Morgan fingerprint density at radius 1 is 1.22 bits per heavy atom. The Morgan fingerprint density at radius 3 is 2.78 bits per heavy atom. The Kier molecular flexibility index (Phi) is 6.70. The number of nitrogens with one attached hydrogen (secondary N) is 1. The summed E-state index contributed by atoms with van der Waals surface area (Å²) < 4.78 is 20.4. The van der Waals surface area contributed by atoms with Crippen LogP contribution in [-0.2, 0) is 10.5 Å². The summed E-state index contributed by atoms with van der Waals surface area (Å²) in [4.78, 5) is 22.3. The number of anilines is 1. The Labute approximate surface area is 189 Å². The lowest BCUT2D eigenvalue weighted by Crippen LogP contribution is -2.26. The van der Waals surface area contributed by atoms with E-state index < -0.39 is 6.04 Å². The number of amides is 1. The molecule has 0 aliphatic heterocycles. The number of halogens is 1. The van der Waals surface area contributed by atoms with Crippen molar-refractivity contribution in [2.75, 3.05) is 12.4 Å². The fraction of sp³-hybridized carbons (Fsp3) is 0.208. The van der Waals surface area contributed by atoms with Gasteiger partial charge in [0.1, 0.15) is 17.6 Å². The fourth-order valence-corrected chi connectivity index (χ4v) is 4.48. The van der Waals surface area contributed by atoms with Gasteiger partial charge in [0.15, 0.2) is 5.16 Å². The van der Waals surface area contributed by atoms with Crippen molar-refractivity contribution in [1.82, 2.24) is 14.5 Å². The smallest absolute Gasteiger partial charge is 0.247 e. The summed E-state index contributed by atoms with van der Waals surface area (Å²) in [6.45, 7) is 1.96. The first-order valence-corrected chi connectivity index (χ1v) is 11.2. The minimum Gasteiger partial charge on any atom is -0.497 e. The van der Waals surface area contributed by atoms with Gasteiger partial charge in [0, 0.05) is 23.7 Å². The van der Waals surface area contributed by atoms with E-state index >= 15 is 0 Å². The molecule has 1 atom stereocenters. The molecular weight excluding hydrogens is 427 g/mol. The Bertz CT molecular complexity index is 1230. The van der Waals surface area contributed by atoms with Gasteiger partial charge in [0.05, 0.1) is 24.3 Å². The lowest BCUT2D eigenvalue weighted by Gasteiger charge is -2.20. The van der Waals surface area contributed by atoms with Crippen molar-refractivity contribution >= 4 is 34.4 Å². The van der Waals surface area contributed by atoms with E-state index in [1.807, 2.05) is 35.8 Å². The maximum atomic E-state index is 13.3. The molecule has 4 rings (SSSR count). The van der Waals surface area contributed by atoms with Crippen LogP contribution in [-0.4, -0.2) is 27.6 Å². The molecule has 6 nitrogen and oxygen atoms in total. The third-order valence-electron chi connectivity index (χ3n) is 5.08. The number of benzene rings is 2. The number of ether oxygens (including phenoxy) is 1. The number of hydrogen-bond donors (Lipinski definition) is 1. The van der Waals surface area contributed by atoms with Crippen LogP contribution >= 0.6 is 11.8 Å². The van der Waals surface area contributed by atoms with Crippen LogP contribution in [0, 0.1) is 5.82 Å². The minimum atomic E-state index is -0.480. The summed E-state index contributed by atoms with van der Waals surface area (Å²) in [6, 6.07) is 15.0. The zero-order chi connectivity index (χ0) is 22.5. The number of thioether (sulfide) groups is 1. The standard InChI is InChI=1S/C24H23FN4O2S/c1-3-21(23(30)27-18-5-4-6-19(13-18)31-2)29-22-14-26-12-11-20(22)28-24(29)32-15-16-7-9-17(25)10-8-16/h4-14,21H,3,15H2,1-2H3,(H,27,30). The van der Waals surface area contributed by atoms with Gasteiger partial charge in [-0.05, 0) is 42.3 Å². The number of pyridine rings is 1. The van der Waals surface area contributed by atoms with Gasteiger partial charge in [-0.3, -0.25) is 9.78 Å². The predicted octanol–water partition coefficient (Wildman–Crippen LogP) is 5.46. The number of aromatic nitrogens is 3. The van der Waals surface area contributed by atoms with E-state index in [9.17, 15) is 9.18 Å². The number of hydrogen-bond acceptors (Lipinski definition) is 5. The zero-order valence-electron chi connectivity index (χ0n) is 17.8. The van der Waals surface area contributed by atoms with Gasteiger partial charge in [-0.15, -0.1) is 0 Å². The summed E-state index contributed by atoms with van der Waals surface area (Å²) in [6.07, 6.45) is 3.98. The van der Waals surface area contributed by atoms with Crippen molar-refractivity contribution in [3.63, 3.8) is 0 Å². The van der Waals surface area contributed by atoms with Gasteiger partial charge in [0.25, 0.3) is 0 Å². The highest BCUT2D eigenvalue weighted by atomic mass is 32.2. The van der Waals surface area contributed by atoms with Crippen LogP contribution in [0.5, 0.6) is 5.75 Å². The molecule has 164 valence electrons. The first-order valence-electron chi connectivity index (χ1n) is 10.2. The molecule has 4 aromatic rings. The second-order valence-corrected chi connectivity index (χ2v) is 8.13. The third kappa shape index (κ3) is 4.75. The molecule has 2 aromatic carbocycles. The second kappa shape index (κ2) is 9.82. The number of fused-ring (bicyclic) bond motifs is 1. The summed E-state index contributed by atoms with van der Waals surface area (Å²) >= 11 is 1.51. The minimum absolute atomic E-state index is 0.146. The van der Waals surface area contributed by atoms with Crippen LogP contribution in [0.1, 0.15) is 24.9 Å². The van der Waals surface area contributed by atoms with Crippen molar-refractivity contribution in [2.45, 2.75) is 30.3 Å². The molecule has 1 amide bonds. The SMILES string of the molecule is CCC(C(=O)Nc1cccc(OC)c1)n1c(SCc2ccc(F)cc2)nc2ccncc21. The molecule has 0 saturated heterocycles. The summed E-state index contributed by atoms with van der Waals surface area (Å²) in [5.74, 6) is 0.860. The molecule has 0 aliphatic rings. The van der Waals surface area contributed by atoms with E-state index in [2.05, 4.69) is 10.3 Å². The molecule has 1 unspecified atom stereocenters. The molecule has 8 heteroatoms. The van der Waals surface area contributed by atoms with E-state index in [1.165, 1.54) is 23.9 Å². The van der Waals surface area contributed by atoms with Crippen LogP contribution in [0.4, 0.5) is 10.1 Å². The van der Waals surface area contributed by atoms with Crippen LogP contribution in [0.2, 0.25) is 0 Å². The van der Waals surface area contributed by atoms with Crippen LogP contribution in [0.3, 0.4) is 0 Å². The van der Waals surface area contributed by atoms with Crippen molar-refractivity contribution in [3.05, 3.63) is 78.4 Å². The number of nitrogens with zero attached hydrogens (tertiary/aromatic N) is 3. The van der Waals surface area contributed by atoms with Gasteiger partial charge in [0.2, 0.25) is 5.91 Å². The topological polar surface area (TPSA) is 69.0 Å². The van der Waals surface area contributed by atoms with Crippen LogP contribution in [0.25, 0.3) is 11.0 Å². The molecule has 2 aromatic heterocycles. The van der Waals surface area contributed by atoms with E-state index in [1.54, 1.807) is 37.7 Å². The van der Waals surface area contributed by atoms with Gasteiger partial charge in [-0.2, -0.15) is 0 Å². The summed E-state index contributed by atoms with van der Waals surface area (Å²) in [5, 5.41) is 3.70. The molecule has 32 heavy (non-hydrogen) atoms. The number of rotatable bonds is 8. The largest absolute Gasteiger partial charge is 0.497 e. The van der Waals surface area contributed by atoms with Crippen LogP contribution in [0.15, 0.2) is 72.1 Å². The normalized spacial score (nSPS) is 12.0. The van der Waals surface area contributed by atoms with Gasteiger partial charge >= 0.3 is 0 Å². The highest BCUT2D eigenvalue weighted by Gasteiger charge is 2.25. The highest BCUT2D eigenvalue weighted by Crippen LogP contribution is 2.31. The maximum absolute atomic E-state index is 13.3. The van der Waals surface area contributed by atoms with Crippen molar-refractivity contribution in [3.8, 4) is 5.75 Å². The predicted molar refractivity (Wildman–Crippen MR) is 124 cm³/mol. The van der Waals surface area contributed by atoms with Gasteiger partial charge in [-0.1, -0.05) is 36.9 Å². The molecule has 0 radical (unpaired) electrons. The number of methoxy groups -OCH3 is 1. The van der Waals surface area contributed by atoms with Crippen molar-refractivity contribution < 1.29 is 13.9 Å². The van der Waals surface area contributed by atoms with E-state index in [0.717, 1.165) is 16.6 Å². The first kappa shape index (κ1) is 21.8. The molecule has 0 aliphatic carbocycles. The van der Waals surface area contributed by atoms with Gasteiger partial charge in [-0.25, -0.2) is 9.37 Å². The lowest BCUT2D eigenvalue weighted by molar-refractivity contribution is -0.119. The quantitative estimate of drug-likeness (QED) is 0.361. The average molecular weight is 451 g/mol. The summed E-state index contributed by atoms with van der Waals surface area (Å²) in [5.41, 5.74) is 3.20. The lowest BCUT2D eigenvalue weighted by atomic mass is 10.2. The molecule has 0 saturated carbocycles. The van der Waals surface area contributed by atoms with Crippen molar-refractivity contribution in [1.29, 1.82) is 0 Å². The van der Waals surface area contributed by atoms with Crippen molar-refractivity contribution in [2.24, 2.45) is 0 Å². The van der Waals surface area contributed by atoms with E-state index in [-0.39, 0.29) is 11.7 Å². The maximum Gasteiger partial charge on any atom is 0.247 e. The van der Waals surface area contributed by atoms with E-state index in [4.69, 9.17) is 9.72 Å². The second-order valence-electron chi connectivity index (χ2n) is 7.19. The Hall–Kier alpha value is -3.39. The van der Waals surface area contributed by atoms with Crippen LogP contribution < -0.4 is 10.1 Å². The highest BCUT2D eigenvalue weighted by molar-refractivity contribution is 7.98. The number of imidazole rings is 1. The summed E-state index contributed by atoms with van der Waals surface area (Å²) in [7, 11) is 1.59. The first-order chi connectivity index (χ1) is 15.6. The van der Waals surface area contributed by atoms with E-state index in [0.29, 0.717) is 28.8 Å². The van der Waals surface area contributed by atoms with Gasteiger partial charge < -0.3 is 14.6 Å². The Balaban J connectivity index is 1.64. The number of carbonyl (C=O) groups is 1. The molecule has 1 N–H and O–H groups in total. The Morgan fingerprint density at radius 2 is 2.03 bits per heavy atom. The average Bonchev–Trinajstić information content (AvgIpc) is 3.17. The monoisotopic (exact) mass is 450 g/mol. The third-order valence-corrected chi connectivity index (χ3v) is 6.10. The molecule has 2 heterocycles. The number of carbonyl (C=O) groups excluding carboxylic acids is 1. The molecule has 0 fully saturated rings. The fourth-order valence-electron chi connectivity index (χ4n) is 3.46. The zero-order valence-corrected chi connectivity index (χ0v) is 18.6. The molecular formula is C24H23FN4O2S. The molecule has 0 spiro atoms. The molecule has 0 bridgehead atoms.